The van der Waals surface area contributed by atoms with Crippen LogP contribution >= 0.6 is 11.3 Å². The summed E-state index contributed by atoms with van der Waals surface area (Å²) in [5.74, 6) is 0.578. The Morgan fingerprint density at radius 3 is 2.68 bits per heavy atom. The largest absolute Gasteiger partial charge is 0.504 e. The summed E-state index contributed by atoms with van der Waals surface area (Å²) in [5, 5.41) is 26.2. The second-order valence-corrected chi connectivity index (χ2v) is 6.72. The molecule has 2 heterocycles. The zero-order chi connectivity index (χ0) is 15.1. The van der Waals surface area contributed by atoms with Crippen molar-refractivity contribution in [3.63, 3.8) is 0 Å². The van der Waals surface area contributed by atoms with Gasteiger partial charge in [-0.1, -0.05) is 24.3 Å². The van der Waals surface area contributed by atoms with Crippen LogP contribution in [0.5, 0.6) is 11.5 Å². The lowest BCUT2D eigenvalue weighted by Gasteiger charge is -2.20. The van der Waals surface area contributed by atoms with E-state index in [-0.39, 0.29) is 11.5 Å². The Kier molecular flexibility index (Phi) is 3.28. The lowest BCUT2D eigenvalue weighted by Crippen LogP contribution is -2.09. The molecule has 3 N–H and O–H groups in total. The molecule has 112 valence electrons. The van der Waals surface area contributed by atoms with E-state index in [2.05, 4.69) is 35.0 Å². The molecule has 2 unspecified atom stereocenters. The van der Waals surface area contributed by atoms with E-state index in [1.807, 2.05) is 6.07 Å². The first-order valence-electron chi connectivity index (χ1n) is 7.43. The van der Waals surface area contributed by atoms with Crippen molar-refractivity contribution in [2.24, 2.45) is 0 Å². The maximum atomic E-state index is 9.79. The van der Waals surface area contributed by atoms with Gasteiger partial charge in [0.1, 0.15) is 0 Å². The normalized spacial score (nSPS) is 21.5. The zero-order valence-corrected chi connectivity index (χ0v) is 12.8. The molecule has 4 heteroatoms. The molecule has 3 nitrogen and oxygen atoms in total. The average molecular weight is 311 g/mol. The quantitative estimate of drug-likeness (QED) is 0.631. The summed E-state index contributed by atoms with van der Waals surface area (Å²) in [6.07, 6.45) is 0. The number of benzene rings is 2. The SMILES string of the molecule is Oc1ccc(C2CNCC2c2cccc3ccsc23)cc1O. The molecule has 0 amide bonds. The van der Waals surface area contributed by atoms with Gasteiger partial charge >= 0.3 is 0 Å². The molecule has 0 bridgehead atoms. The fourth-order valence-electron chi connectivity index (χ4n) is 3.43. The van der Waals surface area contributed by atoms with Crippen molar-refractivity contribution in [3.05, 3.63) is 59.0 Å². The van der Waals surface area contributed by atoms with E-state index in [1.165, 1.54) is 15.6 Å². The maximum Gasteiger partial charge on any atom is 0.157 e. The zero-order valence-electron chi connectivity index (χ0n) is 12.0. The lowest BCUT2D eigenvalue weighted by molar-refractivity contribution is 0.402. The molecule has 0 saturated carbocycles. The topological polar surface area (TPSA) is 52.5 Å². The van der Waals surface area contributed by atoms with Crippen LogP contribution in [0, 0.1) is 0 Å². The molecule has 1 aliphatic heterocycles. The molecular weight excluding hydrogens is 294 g/mol. The van der Waals surface area contributed by atoms with Crippen LogP contribution in [0.2, 0.25) is 0 Å². The van der Waals surface area contributed by atoms with E-state index < -0.39 is 0 Å². The van der Waals surface area contributed by atoms with Crippen molar-refractivity contribution in [3.8, 4) is 11.5 Å². The highest BCUT2D eigenvalue weighted by Gasteiger charge is 2.31. The first kappa shape index (κ1) is 13.6. The van der Waals surface area contributed by atoms with E-state index in [0.717, 1.165) is 18.7 Å². The van der Waals surface area contributed by atoms with Gasteiger partial charge in [-0.2, -0.15) is 0 Å². The predicted molar refractivity (Wildman–Crippen MR) is 89.9 cm³/mol. The van der Waals surface area contributed by atoms with Crippen molar-refractivity contribution in [1.29, 1.82) is 0 Å². The van der Waals surface area contributed by atoms with Gasteiger partial charge in [-0.15, -0.1) is 11.3 Å². The third-order valence-corrected chi connectivity index (χ3v) is 5.53. The summed E-state index contributed by atoms with van der Waals surface area (Å²) in [7, 11) is 0. The maximum absolute atomic E-state index is 9.79. The minimum Gasteiger partial charge on any atom is -0.504 e. The minimum absolute atomic E-state index is 0.0440. The summed E-state index contributed by atoms with van der Waals surface area (Å²) in [4.78, 5) is 0. The van der Waals surface area contributed by atoms with Gasteiger partial charge in [-0.25, -0.2) is 0 Å². The van der Waals surface area contributed by atoms with Crippen molar-refractivity contribution in [1.82, 2.24) is 5.32 Å². The van der Waals surface area contributed by atoms with Gasteiger partial charge in [-0.05, 0) is 40.1 Å². The van der Waals surface area contributed by atoms with Crippen molar-refractivity contribution < 1.29 is 10.2 Å². The second kappa shape index (κ2) is 5.30. The number of aromatic hydroxyl groups is 2. The summed E-state index contributed by atoms with van der Waals surface area (Å²) >= 11 is 1.79. The standard InChI is InChI=1S/C18H17NO2S/c20-16-5-4-12(8-17(16)21)14-9-19-10-15(14)13-3-1-2-11-6-7-22-18(11)13/h1-8,14-15,19-21H,9-10H2. The molecule has 22 heavy (non-hydrogen) atoms. The average Bonchev–Trinajstić information content (AvgIpc) is 3.18. The molecule has 1 saturated heterocycles. The number of phenols is 2. The fourth-order valence-corrected chi connectivity index (χ4v) is 4.41. The van der Waals surface area contributed by atoms with Gasteiger partial charge in [0.25, 0.3) is 0 Å². The smallest absolute Gasteiger partial charge is 0.157 e. The molecule has 0 spiro atoms. The molecule has 0 aliphatic carbocycles. The Bertz CT molecular complexity index is 827. The third kappa shape index (κ3) is 2.16. The summed E-state index contributed by atoms with van der Waals surface area (Å²) in [5.41, 5.74) is 2.44. The molecule has 2 atom stereocenters. The lowest BCUT2D eigenvalue weighted by atomic mass is 9.83. The first-order valence-corrected chi connectivity index (χ1v) is 8.31. The third-order valence-electron chi connectivity index (χ3n) is 4.55. The number of fused-ring (bicyclic) bond motifs is 1. The van der Waals surface area contributed by atoms with Gasteiger partial charge < -0.3 is 15.5 Å². The van der Waals surface area contributed by atoms with Crippen molar-refractivity contribution >= 4 is 21.4 Å². The van der Waals surface area contributed by atoms with Crippen LogP contribution < -0.4 is 5.32 Å². The Balaban J connectivity index is 1.77. The first-order chi connectivity index (χ1) is 10.7. The van der Waals surface area contributed by atoms with Gasteiger partial charge in [0.05, 0.1) is 0 Å². The second-order valence-electron chi connectivity index (χ2n) is 5.81. The number of hydrogen-bond acceptors (Lipinski definition) is 4. The highest BCUT2D eigenvalue weighted by atomic mass is 32.1. The van der Waals surface area contributed by atoms with Crippen LogP contribution in [-0.4, -0.2) is 23.3 Å². The summed E-state index contributed by atoms with van der Waals surface area (Å²) in [6, 6.07) is 13.8. The van der Waals surface area contributed by atoms with E-state index >= 15 is 0 Å². The Hall–Kier alpha value is -2.04. The number of nitrogens with one attached hydrogen (secondary N) is 1. The molecule has 1 aliphatic rings. The summed E-state index contributed by atoms with van der Waals surface area (Å²) < 4.78 is 1.35. The number of rotatable bonds is 2. The highest BCUT2D eigenvalue weighted by Crippen LogP contribution is 2.41. The summed E-state index contributed by atoms with van der Waals surface area (Å²) in [6.45, 7) is 1.82. The van der Waals surface area contributed by atoms with E-state index in [0.29, 0.717) is 11.8 Å². The van der Waals surface area contributed by atoms with Crippen LogP contribution in [-0.2, 0) is 0 Å². The van der Waals surface area contributed by atoms with Gasteiger partial charge in [-0.3, -0.25) is 0 Å². The van der Waals surface area contributed by atoms with Crippen LogP contribution in [0.3, 0.4) is 0 Å². The monoisotopic (exact) mass is 311 g/mol. The molecule has 1 aromatic heterocycles. The molecule has 1 fully saturated rings. The van der Waals surface area contributed by atoms with Crippen LogP contribution in [0.1, 0.15) is 23.0 Å². The molecule has 3 aromatic rings. The highest BCUT2D eigenvalue weighted by molar-refractivity contribution is 7.17. The molecule has 4 rings (SSSR count). The number of phenolic OH excluding ortho intramolecular Hbond substituents is 2. The van der Waals surface area contributed by atoms with Gasteiger partial charge in [0.2, 0.25) is 0 Å². The van der Waals surface area contributed by atoms with E-state index in [4.69, 9.17) is 0 Å². The molecular formula is C18H17NO2S. The minimum atomic E-state index is -0.0633. The van der Waals surface area contributed by atoms with Gasteiger partial charge in [0, 0.05) is 29.6 Å². The predicted octanol–water partition coefficient (Wildman–Crippen LogP) is 3.78. The van der Waals surface area contributed by atoms with E-state index in [1.54, 1.807) is 23.5 Å². The van der Waals surface area contributed by atoms with E-state index in [9.17, 15) is 10.2 Å². The van der Waals surface area contributed by atoms with Crippen molar-refractivity contribution in [2.45, 2.75) is 11.8 Å². The van der Waals surface area contributed by atoms with Crippen LogP contribution in [0.25, 0.3) is 10.1 Å². The Morgan fingerprint density at radius 1 is 0.955 bits per heavy atom. The number of hydrogen-bond donors (Lipinski definition) is 3. The van der Waals surface area contributed by atoms with Gasteiger partial charge in [0.15, 0.2) is 11.5 Å². The fraction of sp³-hybridized carbons (Fsp3) is 0.222. The van der Waals surface area contributed by atoms with Crippen LogP contribution in [0.4, 0.5) is 0 Å². The Morgan fingerprint density at radius 2 is 1.82 bits per heavy atom. The molecule has 2 aromatic carbocycles. The van der Waals surface area contributed by atoms with Crippen molar-refractivity contribution in [2.75, 3.05) is 13.1 Å². The molecule has 0 radical (unpaired) electrons. The number of thiophene rings is 1. The Labute approximate surface area is 132 Å². The van der Waals surface area contributed by atoms with Crippen LogP contribution in [0.15, 0.2) is 47.8 Å².